The second kappa shape index (κ2) is 6.61. The molecule has 3 heterocycles. The number of benzene rings is 1. The largest absolute Gasteiger partial charge is 0.335 e. The number of aryl methyl sites for hydroxylation is 1. The molecule has 0 spiro atoms. The summed E-state index contributed by atoms with van der Waals surface area (Å²) >= 11 is 1.72. The van der Waals surface area contributed by atoms with Crippen LogP contribution in [0.3, 0.4) is 0 Å². The maximum Gasteiger partial charge on any atom is 0.178 e. The van der Waals surface area contributed by atoms with Crippen molar-refractivity contribution in [3.8, 4) is 6.07 Å². The number of nitriles is 1. The highest BCUT2D eigenvalue weighted by Crippen LogP contribution is 2.37. The first-order valence-corrected chi connectivity index (χ1v) is 9.15. The van der Waals surface area contributed by atoms with E-state index in [-0.39, 0.29) is 0 Å². The van der Waals surface area contributed by atoms with Crippen molar-refractivity contribution in [2.45, 2.75) is 6.42 Å². The molecule has 0 bridgehead atoms. The third kappa shape index (κ3) is 2.77. The van der Waals surface area contributed by atoms with Gasteiger partial charge in [-0.05, 0) is 30.7 Å². The van der Waals surface area contributed by atoms with Crippen molar-refractivity contribution in [3.63, 3.8) is 0 Å². The predicted molar refractivity (Wildman–Crippen MR) is 102 cm³/mol. The molecule has 0 amide bonds. The van der Waals surface area contributed by atoms with Crippen LogP contribution in [0.4, 0.5) is 5.69 Å². The first kappa shape index (κ1) is 15.7. The summed E-state index contributed by atoms with van der Waals surface area (Å²) in [6.07, 6.45) is 2.82. The summed E-state index contributed by atoms with van der Waals surface area (Å²) < 4.78 is 1.95. The van der Waals surface area contributed by atoms with Crippen molar-refractivity contribution >= 4 is 34.2 Å². The van der Waals surface area contributed by atoms with Gasteiger partial charge in [0.05, 0.1) is 10.5 Å². The van der Waals surface area contributed by atoms with Gasteiger partial charge in [-0.3, -0.25) is 0 Å². The van der Waals surface area contributed by atoms with Crippen molar-refractivity contribution < 1.29 is 0 Å². The minimum atomic E-state index is 0.606. The molecule has 0 radical (unpaired) electrons. The molecule has 1 aliphatic rings. The zero-order chi connectivity index (χ0) is 17.2. The third-order valence-corrected chi connectivity index (χ3v) is 5.47. The Hall–Kier alpha value is -2.78. The van der Waals surface area contributed by atoms with Gasteiger partial charge in [0.25, 0.3) is 0 Å². The van der Waals surface area contributed by atoms with E-state index in [1.165, 1.54) is 0 Å². The van der Waals surface area contributed by atoms with Crippen LogP contribution in [0.1, 0.15) is 12.2 Å². The van der Waals surface area contributed by atoms with Crippen molar-refractivity contribution in [3.05, 3.63) is 59.5 Å². The number of allylic oxidation sites excluding steroid dienone is 1. The van der Waals surface area contributed by atoms with Gasteiger partial charge in [-0.15, -0.1) is 11.8 Å². The number of thioether (sulfide) groups is 1. The van der Waals surface area contributed by atoms with Gasteiger partial charge in [-0.25, -0.2) is 9.97 Å². The lowest BCUT2D eigenvalue weighted by molar-refractivity contribution is 0.860. The van der Waals surface area contributed by atoms with E-state index in [1.807, 2.05) is 41.9 Å². The van der Waals surface area contributed by atoms with Crippen molar-refractivity contribution in [1.29, 1.82) is 5.26 Å². The second-order valence-electron chi connectivity index (χ2n) is 5.82. The fourth-order valence-electron chi connectivity index (χ4n) is 3.08. The van der Waals surface area contributed by atoms with Crippen LogP contribution in [0, 0.1) is 11.3 Å². The zero-order valence-corrected chi connectivity index (χ0v) is 14.7. The number of imidazole rings is 1. The fraction of sp³-hybridized carbons (Fsp3) is 0.211. The molecule has 2 aromatic heterocycles. The molecule has 1 fully saturated rings. The van der Waals surface area contributed by atoms with Crippen LogP contribution in [0.5, 0.6) is 0 Å². The van der Waals surface area contributed by atoms with E-state index in [1.54, 1.807) is 18.0 Å². The number of nitrogens with zero attached hydrogens (tertiary/aromatic N) is 5. The normalized spacial score (nSPS) is 16.7. The monoisotopic (exact) mass is 347 g/mol. The highest BCUT2D eigenvalue weighted by molar-refractivity contribution is 8.03. The Labute approximate surface area is 150 Å². The summed E-state index contributed by atoms with van der Waals surface area (Å²) in [7, 11) is 1.94. The molecule has 0 unspecified atom stereocenters. The number of hydrogen-bond acceptors (Lipinski definition) is 5. The number of rotatable bonds is 2. The molecule has 1 aliphatic heterocycles. The van der Waals surface area contributed by atoms with E-state index in [0.29, 0.717) is 17.0 Å². The summed E-state index contributed by atoms with van der Waals surface area (Å²) in [5, 5.41) is 10.9. The predicted octanol–water partition coefficient (Wildman–Crippen LogP) is 3.80. The van der Waals surface area contributed by atoms with Gasteiger partial charge in [0, 0.05) is 31.2 Å². The topological polar surface area (TPSA) is 57.7 Å². The Morgan fingerprint density at radius 3 is 2.80 bits per heavy atom. The number of aromatic nitrogens is 3. The highest BCUT2D eigenvalue weighted by Gasteiger charge is 2.25. The molecular formula is C19H17N5S. The quantitative estimate of drug-likeness (QED) is 0.660. The number of anilines is 1. The number of fused-ring (bicyclic) bond motifs is 1. The molecule has 0 saturated carbocycles. The molecular weight excluding hydrogens is 330 g/mol. The summed E-state index contributed by atoms with van der Waals surface area (Å²) in [6, 6.07) is 16.5. The molecule has 25 heavy (non-hydrogen) atoms. The van der Waals surface area contributed by atoms with Crippen molar-refractivity contribution in [2.75, 3.05) is 17.2 Å². The Morgan fingerprint density at radius 1 is 1.20 bits per heavy atom. The first-order valence-electron chi connectivity index (χ1n) is 8.17. The van der Waals surface area contributed by atoms with E-state index >= 15 is 0 Å². The standard InChI is InChI=1S/C19H17N5S/c1-23-16-9-5-10-21-17(16)22-18(23)15(13-20)19-24(11-6-12-25-19)14-7-3-2-4-8-14/h2-5,7-10H,6,11-12H2,1H3/b19-15-. The van der Waals surface area contributed by atoms with E-state index in [2.05, 4.69) is 33.1 Å². The minimum Gasteiger partial charge on any atom is -0.335 e. The van der Waals surface area contributed by atoms with Crippen LogP contribution >= 0.6 is 11.8 Å². The first-order chi connectivity index (χ1) is 12.3. The van der Waals surface area contributed by atoms with Gasteiger partial charge in [0.15, 0.2) is 11.5 Å². The SMILES string of the molecule is Cn1c(/C(C#N)=C2\SCCCN2c2ccccc2)nc2ncccc21. The second-order valence-corrected chi connectivity index (χ2v) is 6.91. The molecule has 0 aliphatic carbocycles. The lowest BCUT2D eigenvalue weighted by atomic mass is 10.2. The molecule has 5 nitrogen and oxygen atoms in total. The average Bonchev–Trinajstić information content (AvgIpc) is 3.01. The van der Waals surface area contributed by atoms with Crippen LogP contribution in [-0.2, 0) is 7.05 Å². The molecule has 0 N–H and O–H groups in total. The molecule has 0 atom stereocenters. The van der Waals surface area contributed by atoms with E-state index < -0.39 is 0 Å². The minimum absolute atomic E-state index is 0.606. The number of para-hydroxylation sites is 1. The fourth-order valence-corrected chi connectivity index (χ4v) is 4.18. The lowest BCUT2D eigenvalue weighted by Crippen LogP contribution is -2.27. The van der Waals surface area contributed by atoms with Gasteiger partial charge in [0.1, 0.15) is 11.6 Å². The molecule has 4 rings (SSSR count). The van der Waals surface area contributed by atoms with Gasteiger partial charge in [-0.1, -0.05) is 18.2 Å². The summed E-state index contributed by atoms with van der Waals surface area (Å²) in [5.41, 5.74) is 3.31. The highest BCUT2D eigenvalue weighted by atomic mass is 32.2. The molecule has 124 valence electrons. The molecule has 3 aromatic rings. The Balaban J connectivity index is 1.89. The van der Waals surface area contributed by atoms with Gasteiger partial charge in [0.2, 0.25) is 0 Å². The number of hydrogen-bond donors (Lipinski definition) is 0. The molecule has 1 saturated heterocycles. The van der Waals surface area contributed by atoms with Gasteiger partial charge < -0.3 is 9.47 Å². The molecule has 6 heteroatoms. The Kier molecular flexibility index (Phi) is 4.16. The van der Waals surface area contributed by atoms with E-state index in [0.717, 1.165) is 35.0 Å². The summed E-state index contributed by atoms with van der Waals surface area (Å²) in [4.78, 5) is 11.2. The van der Waals surface area contributed by atoms with Crippen LogP contribution in [0.15, 0.2) is 53.7 Å². The zero-order valence-electron chi connectivity index (χ0n) is 13.9. The maximum atomic E-state index is 9.92. The van der Waals surface area contributed by atoms with Crippen LogP contribution in [0.25, 0.3) is 16.7 Å². The smallest absolute Gasteiger partial charge is 0.178 e. The van der Waals surface area contributed by atoms with Crippen LogP contribution in [-0.4, -0.2) is 26.8 Å². The molecule has 1 aromatic carbocycles. The van der Waals surface area contributed by atoms with Gasteiger partial charge in [-0.2, -0.15) is 5.26 Å². The summed E-state index contributed by atoms with van der Waals surface area (Å²) in [5.74, 6) is 1.67. The van der Waals surface area contributed by atoms with Gasteiger partial charge >= 0.3 is 0 Å². The van der Waals surface area contributed by atoms with E-state index in [4.69, 9.17) is 0 Å². The third-order valence-electron chi connectivity index (χ3n) is 4.28. The van der Waals surface area contributed by atoms with Crippen molar-refractivity contribution in [1.82, 2.24) is 14.5 Å². The maximum absolute atomic E-state index is 9.92. The Morgan fingerprint density at radius 2 is 2.04 bits per heavy atom. The van der Waals surface area contributed by atoms with Crippen LogP contribution < -0.4 is 4.90 Å². The lowest BCUT2D eigenvalue weighted by Gasteiger charge is -2.31. The number of pyridine rings is 1. The average molecular weight is 347 g/mol. The van der Waals surface area contributed by atoms with Crippen LogP contribution in [0.2, 0.25) is 0 Å². The summed E-state index contributed by atoms with van der Waals surface area (Å²) in [6.45, 7) is 0.902. The van der Waals surface area contributed by atoms with E-state index in [9.17, 15) is 5.26 Å². The Bertz CT molecular complexity index is 984. The van der Waals surface area contributed by atoms with Crippen molar-refractivity contribution in [2.24, 2.45) is 7.05 Å².